The highest BCUT2D eigenvalue weighted by Gasteiger charge is 2.11. The summed E-state index contributed by atoms with van der Waals surface area (Å²) < 4.78 is 16.2. The van der Waals surface area contributed by atoms with E-state index >= 15 is 0 Å². The number of carbonyl (C=O) groups excluding carboxylic acids is 1. The summed E-state index contributed by atoms with van der Waals surface area (Å²) in [6.07, 6.45) is 2.25. The third kappa shape index (κ3) is 6.29. The average Bonchev–Trinajstić information content (AvgIpc) is 3.49. The molecule has 0 bridgehead atoms. The maximum absolute atomic E-state index is 12.2. The van der Waals surface area contributed by atoms with Crippen molar-refractivity contribution in [1.29, 1.82) is 0 Å². The Morgan fingerprint density at radius 1 is 1.03 bits per heavy atom. The lowest BCUT2D eigenvalue weighted by Gasteiger charge is -2.07. The van der Waals surface area contributed by atoms with Crippen LogP contribution in [0.3, 0.4) is 0 Å². The molecule has 2 aromatic carbocycles. The molecule has 4 rings (SSSR count). The molecule has 0 aliphatic rings. The summed E-state index contributed by atoms with van der Waals surface area (Å²) in [6.45, 7) is 1.32. The van der Waals surface area contributed by atoms with Gasteiger partial charge >= 0.3 is 0 Å². The van der Waals surface area contributed by atoms with Crippen LogP contribution in [0.1, 0.15) is 29.2 Å². The predicted molar refractivity (Wildman–Crippen MR) is 119 cm³/mol. The van der Waals surface area contributed by atoms with E-state index < -0.39 is 0 Å². The molecule has 0 unspecified atom stereocenters. The number of nitrogens with zero attached hydrogens (tertiary/aromatic N) is 2. The van der Waals surface area contributed by atoms with Gasteiger partial charge in [0.1, 0.15) is 12.4 Å². The Labute approximate surface area is 190 Å². The number of amides is 1. The molecule has 0 fully saturated rings. The largest absolute Gasteiger partial charge is 0.467 e. The zero-order valence-electron chi connectivity index (χ0n) is 17.3. The number of carbonyl (C=O) groups is 1. The number of rotatable bonds is 10. The number of hydrogen-bond donors (Lipinski definition) is 1. The van der Waals surface area contributed by atoms with Crippen molar-refractivity contribution in [2.24, 2.45) is 0 Å². The van der Waals surface area contributed by atoms with E-state index in [9.17, 15) is 4.79 Å². The number of furan rings is 1. The smallest absolute Gasteiger partial charge is 0.227 e. The molecule has 0 saturated carbocycles. The first kappa shape index (κ1) is 21.8. The van der Waals surface area contributed by atoms with Crippen LogP contribution in [0.2, 0.25) is 5.02 Å². The summed E-state index contributed by atoms with van der Waals surface area (Å²) in [7, 11) is 0. The highest BCUT2D eigenvalue weighted by atomic mass is 35.5. The van der Waals surface area contributed by atoms with Gasteiger partial charge in [0.05, 0.1) is 12.9 Å². The second-order valence-corrected chi connectivity index (χ2v) is 7.62. The lowest BCUT2D eigenvalue weighted by molar-refractivity contribution is -0.121. The first-order valence-electron chi connectivity index (χ1n) is 10.2. The van der Waals surface area contributed by atoms with Crippen LogP contribution in [0.25, 0.3) is 11.4 Å². The van der Waals surface area contributed by atoms with Crippen LogP contribution in [-0.4, -0.2) is 16.0 Å². The van der Waals surface area contributed by atoms with Crippen molar-refractivity contribution >= 4 is 17.5 Å². The monoisotopic (exact) mass is 451 g/mol. The second-order valence-electron chi connectivity index (χ2n) is 7.19. The molecule has 2 aromatic heterocycles. The fourth-order valence-corrected chi connectivity index (χ4v) is 3.20. The minimum absolute atomic E-state index is 0.0873. The first-order chi connectivity index (χ1) is 15.7. The molecule has 164 valence electrons. The SMILES string of the molecule is O=C(CCc1nc(-c2ccc(Cl)cc2)no1)NCc1cccc(COCc2ccco2)c1. The zero-order chi connectivity index (χ0) is 22.2. The van der Waals surface area contributed by atoms with E-state index in [1.54, 1.807) is 18.4 Å². The summed E-state index contributed by atoms with van der Waals surface area (Å²) in [5.41, 5.74) is 2.84. The Balaban J connectivity index is 1.21. The van der Waals surface area contributed by atoms with Gasteiger partial charge in [-0.25, -0.2) is 0 Å². The standard InChI is InChI=1S/C24H22ClN3O4/c25-20-8-6-19(7-9-20)24-27-23(32-28-24)11-10-22(29)26-14-17-3-1-4-18(13-17)15-30-16-21-5-2-12-31-21/h1-9,12-13H,10-11,14-16H2,(H,26,29). The Kier molecular flexibility index (Phi) is 7.32. The molecular formula is C24H22ClN3O4. The Morgan fingerprint density at radius 2 is 1.88 bits per heavy atom. The molecule has 0 saturated heterocycles. The van der Waals surface area contributed by atoms with Gasteiger partial charge in [0.2, 0.25) is 17.6 Å². The number of nitrogens with one attached hydrogen (secondary N) is 1. The molecule has 4 aromatic rings. The van der Waals surface area contributed by atoms with Crippen LogP contribution in [0.15, 0.2) is 75.9 Å². The number of aryl methyl sites for hydroxylation is 1. The van der Waals surface area contributed by atoms with Gasteiger partial charge in [0.25, 0.3) is 0 Å². The highest BCUT2D eigenvalue weighted by molar-refractivity contribution is 6.30. The highest BCUT2D eigenvalue weighted by Crippen LogP contribution is 2.19. The second kappa shape index (κ2) is 10.7. The summed E-state index contributed by atoms with van der Waals surface area (Å²) in [6, 6.07) is 18.8. The normalized spacial score (nSPS) is 10.9. The number of hydrogen-bond acceptors (Lipinski definition) is 6. The average molecular weight is 452 g/mol. The molecule has 0 radical (unpaired) electrons. The summed E-state index contributed by atoms with van der Waals surface area (Å²) in [4.78, 5) is 16.6. The Hall–Kier alpha value is -3.42. The third-order valence-corrected chi connectivity index (χ3v) is 4.96. The van der Waals surface area contributed by atoms with Gasteiger partial charge in [-0.05, 0) is 47.5 Å². The molecule has 0 atom stereocenters. The van der Waals surface area contributed by atoms with Crippen molar-refractivity contribution in [2.45, 2.75) is 32.6 Å². The molecule has 0 aliphatic heterocycles. The number of benzene rings is 2. The molecule has 1 amide bonds. The minimum atomic E-state index is -0.0873. The minimum Gasteiger partial charge on any atom is -0.467 e. The topological polar surface area (TPSA) is 90.4 Å². The maximum atomic E-state index is 12.2. The molecule has 8 heteroatoms. The first-order valence-corrected chi connectivity index (χ1v) is 10.6. The van der Waals surface area contributed by atoms with Gasteiger partial charge in [0, 0.05) is 30.0 Å². The van der Waals surface area contributed by atoms with Crippen LogP contribution >= 0.6 is 11.6 Å². The number of ether oxygens (including phenoxy) is 1. The van der Waals surface area contributed by atoms with Crippen molar-refractivity contribution in [3.63, 3.8) is 0 Å². The summed E-state index contributed by atoms with van der Waals surface area (Å²) in [5.74, 6) is 1.59. The Bertz CT molecular complexity index is 1140. The van der Waals surface area contributed by atoms with Crippen molar-refractivity contribution < 1.29 is 18.5 Å². The fraction of sp³-hybridized carbons (Fsp3) is 0.208. The molecular weight excluding hydrogens is 430 g/mol. The summed E-state index contributed by atoms with van der Waals surface area (Å²) in [5, 5.41) is 7.52. The van der Waals surface area contributed by atoms with Gasteiger partial charge in [-0.2, -0.15) is 4.98 Å². The van der Waals surface area contributed by atoms with Crippen molar-refractivity contribution in [3.8, 4) is 11.4 Å². The van der Waals surface area contributed by atoms with E-state index in [2.05, 4.69) is 15.5 Å². The van der Waals surface area contributed by atoms with Gasteiger partial charge in [-0.3, -0.25) is 4.79 Å². The number of aromatic nitrogens is 2. The lowest BCUT2D eigenvalue weighted by atomic mass is 10.1. The van der Waals surface area contributed by atoms with Crippen LogP contribution < -0.4 is 5.32 Å². The molecule has 0 aliphatic carbocycles. The van der Waals surface area contributed by atoms with Crippen LogP contribution in [-0.2, 0) is 35.7 Å². The van der Waals surface area contributed by atoms with Gasteiger partial charge < -0.3 is 19.0 Å². The van der Waals surface area contributed by atoms with Crippen LogP contribution in [0.5, 0.6) is 0 Å². The van der Waals surface area contributed by atoms with Crippen LogP contribution in [0.4, 0.5) is 0 Å². The van der Waals surface area contributed by atoms with E-state index in [0.29, 0.717) is 42.9 Å². The third-order valence-electron chi connectivity index (χ3n) is 4.71. The molecule has 32 heavy (non-hydrogen) atoms. The van der Waals surface area contributed by atoms with E-state index in [0.717, 1.165) is 22.5 Å². The van der Waals surface area contributed by atoms with Gasteiger partial charge in [-0.1, -0.05) is 41.0 Å². The van der Waals surface area contributed by atoms with Crippen molar-refractivity contribution in [3.05, 3.63) is 94.7 Å². The van der Waals surface area contributed by atoms with E-state index in [-0.39, 0.29) is 12.3 Å². The molecule has 1 N–H and O–H groups in total. The zero-order valence-corrected chi connectivity index (χ0v) is 18.0. The Morgan fingerprint density at radius 3 is 2.69 bits per heavy atom. The van der Waals surface area contributed by atoms with Gasteiger partial charge in [-0.15, -0.1) is 0 Å². The van der Waals surface area contributed by atoms with Crippen molar-refractivity contribution in [2.75, 3.05) is 0 Å². The van der Waals surface area contributed by atoms with E-state index in [4.69, 9.17) is 25.3 Å². The van der Waals surface area contributed by atoms with E-state index in [1.807, 2.05) is 48.5 Å². The maximum Gasteiger partial charge on any atom is 0.227 e. The quantitative estimate of drug-likeness (QED) is 0.367. The number of halogens is 1. The molecule has 0 spiro atoms. The predicted octanol–water partition coefficient (Wildman–Crippen LogP) is 4.95. The molecule has 2 heterocycles. The summed E-state index contributed by atoms with van der Waals surface area (Å²) >= 11 is 5.89. The molecule has 7 nitrogen and oxygen atoms in total. The fourth-order valence-electron chi connectivity index (χ4n) is 3.08. The van der Waals surface area contributed by atoms with Gasteiger partial charge in [0.15, 0.2) is 0 Å². The van der Waals surface area contributed by atoms with Crippen molar-refractivity contribution in [1.82, 2.24) is 15.5 Å². The van der Waals surface area contributed by atoms with E-state index in [1.165, 1.54) is 0 Å². The van der Waals surface area contributed by atoms with Crippen LogP contribution in [0, 0.1) is 0 Å². The lowest BCUT2D eigenvalue weighted by Crippen LogP contribution is -2.23.